The van der Waals surface area contributed by atoms with Crippen LogP contribution in [0, 0.1) is 5.92 Å². The highest BCUT2D eigenvalue weighted by molar-refractivity contribution is 7.98. The second-order valence-corrected chi connectivity index (χ2v) is 7.89. The Balaban J connectivity index is 2.47. The number of carbonyl (C=O) groups is 3. The zero-order valence-corrected chi connectivity index (χ0v) is 15.6. The largest absolute Gasteiger partial charge is 0.548 e. The van der Waals surface area contributed by atoms with E-state index in [4.69, 9.17) is 4.74 Å². The molecular weight excluding hydrogens is 332 g/mol. The number of nitrogens with one attached hydrogen (secondary N) is 1. The minimum Gasteiger partial charge on any atom is -0.548 e. The van der Waals surface area contributed by atoms with Gasteiger partial charge in [0.15, 0.2) is 0 Å². The van der Waals surface area contributed by atoms with Crippen molar-refractivity contribution in [2.75, 3.05) is 25.1 Å². The van der Waals surface area contributed by atoms with Gasteiger partial charge >= 0.3 is 6.09 Å². The van der Waals surface area contributed by atoms with Gasteiger partial charge in [0, 0.05) is 19.0 Å². The number of hydrogen-bond acceptors (Lipinski definition) is 6. The number of hydrogen-bond donors (Lipinski definition) is 1. The first-order valence-electron chi connectivity index (χ1n) is 8.12. The summed E-state index contributed by atoms with van der Waals surface area (Å²) in [6, 6.07) is -0.964. The first kappa shape index (κ1) is 20.6. The van der Waals surface area contributed by atoms with Gasteiger partial charge in [0.05, 0.1) is 12.0 Å². The van der Waals surface area contributed by atoms with Crippen LogP contribution in [0.1, 0.15) is 40.0 Å². The van der Waals surface area contributed by atoms with Gasteiger partial charge in [-0.1, -0.05) is 0 Å². The van der Waals surface area contributed by atoms with Crippen LogP contribution in [-0.4, -0.2) is 59.6 Å². The molecule has 0 aromatic heterocycles. The number of likely N-dealkylation sites (tertiary alicyclic amines) is 1. The highest BCUT2D eigenvalue weighted by Gasteiger charge is 2.30. The molecule has 1 N–H and O–H groups in total. The molecule has 24 heavy (non-hydrogen) atoms. The van der Waals surface area contributed by atoms with Crippen LogP contribution in [0.4, 0.5) is 4.79 Å². The van der Waals surface area contributed by atoms with Crippen LogP contribution in [-0.2, 0) is 14.3 Å². The summed E-state index contributed by atoms with van der Waals surface area (Å²) in [5, 5.41) is 13.6. The number of carbonyl (C=O) groups excluding carboxylic acids is 3. The molecule has 1 aliphatic heterocycles. The molecular formula is C16H27N2O5S-. The third-order valence-electron chi connectivity index (χ3n) is 3.73. The average molecular weight is 359 g/mol. The summed E-state index contributed by atoms with van der Waals surface area (Å²) in [4.78, 5) is 36.9. The number of nitrogens with zero attached hydrogens (tertiary/aromatic N) is 1. The summed E-state index contributed by atoms with van der Waals surface area (Å²) < 4.78 is 5.31. The van der Waals surface area contributed by atoms with Crippen LogP contribution < -0.4 is 10.4 Å². The summed E-state index contributed by atoms with van der Waals surface area (Å²) >= 11 is 1.52. The Labute approximate surface area is 147 Å². The Morgan fingerprint density at radius 1 is 1.29 bits per heavy atom. The molecule has 0 spiro atoms. The van der Waals surface area contributed by atoms with E-state index in [2.05, 4.69) is 5.32 Å². The third-order valence-corrected chi connectivity index (χ3v) is 4.37. The lowest BCUT2D eigenvalue weighted by Gasteiger charge is -2.33. The van der Waals surface area contributed by atoms with Crippen molar-refractivity contribution in [2.45, 2.75) is 51.7 Å². The van der Waals surface area contributed by atoms with Gasteiger partial charge in [-0.2, -0.15) is 11.8 Å². The first-order chi connectivity index (χ1) is 11.1. The molecule has 7 nitrogen and oxygen atoms in total. The van der Waals surface area contributed by atoms with Crippen LogP contribution in [0.15, 0.2) is 0 Å². The van der Waals surface area contributed by atoms with Crippen LogP contribution in [0.5, 0.6) is 0 Å². The molecule has 1 heterocycles. The third kappa shape index (κ3) is 6.98. The van der Waals surface area contributed by atoms with Crippen molar-refractivity contribution in [2.24, 2.45) is 5.92 Å². The fourth-order valence-electron chi connectivity index (χ4n) is 2.42. The summed E-state index contributed by atoms with van der Waals surface area (Å²) in [6.07, 6.45) is 2.82. The van der Waals surface area contributed by atoms with Gasteiger partial charge in [0.2, 0.25) is 5.91 Å². The van der Waals surface area contributed by atoms with Crippen molar-refractivity contribution in [1.29, 1.82) is 0 Å². The molecule has 0 radical (unpaired) electrons. The number of piperidine rings is 1. The summed E-state index contributed by atoms with van der Waals surface area (Å²) in [7, 11) is 0. The molecule has 2 amide bonds. The van der Waals surface area contributed by atoms with E-state index in [9.17, 15) is 19.5 Å². The summed E-state index contributed by atoms with van der Waals surface area (Å²) in [5.41, 5.74) is -0.551. The molecule has 0 bridgehead atoms. The molecule has 1 atom stereocenters. The van der Waals surface area contributed by atoms with E-state index in [1.165, 1.54) is 11.8 Å². The van der Waals surface area contributed by atoms with Crippen molar-refractivity contribution in [3.05, 3.63) is 0 Å². The predicted molar refractivity (Wildman–Crippen MR) is 90.5 cm³/mol. The van der Waals surface area contributed by atoms with E-state index >= 15 is 0 Å². The van der Waals surface area contributed by atoms with Crippen molar-refractivity contribution < 1.29 is 24.2 Å². The number of carboxylic acid groups (broad SMARTS) is 1. The van der Waals surface area contributed by atoms with Crippen molar-refractivity contribution in [3.8, 4) is 0 Å². The van der Waals surface area contributed by atoms with Gasteiger partial charge in [0.25, 0.3) is 0 Å². The minimum absolute atomic E-state index is 0.283. The molecule has 8 heteroatoms. The maximum Gasteiger partial charge on any atom is 0.410 e. The lowest BCUT2D eigenvalue weighted by atomic mass is 9.95. The normalized spacial score (nSPS) is 17.2. The number of rotatable bonds is 6. The molecule has 138 valence electrons. The van der Waals surface area contributed by atoms with Crippen LogP contribution in [0.25, 0.3) is 0 Å². The predicted octanol–water partition coefficient (Wildman–Crippen LogP) is 0.621. The standard InChI is InChI=1S/C16H28N2O5S/c1-16(2,3)23-15(22)18-8-5-11(6-9-18)13(19)17-12(14(20)21)7-10-24-4/h11-12H,5-10H2,1-4H3,(H,17,19)(H,20,21)/p-1/t12-/m1/s1. The van der Waals surface area contributed by atoms with Gasteiger partial charge < -0.3 is 24.9 Å². The van der Waals surface area contributed by atoms with Crippen LogP contribution >= 0.6 is 11.8 Å². The Morgan fingerprint density at radius 2 is 1.88 bits per heavy atom. The van der Waals surface area contributed by atoms with Gasteiger partial charge in [-0.15, -0.1) is 0 Å². The highest BCUT2D eigenvalue weighted by Crippen LogP contribution is 2.20. The van der Waals surface area contributed by atoms with E-state index in [0.29, 0.717) is 38.1 Å². The van der Waals surface area contributed by atoms with Crippen molar-refractivity contribution in [1.82, 2.24) is 10.2 Å². The molecule has 1 saturated heterocycles. The molecule has 0 aromatic rings. The number of aliphatic carboxylic acids is 1. The quantitative estimate of drug-likeness (QED) is 0.746. The van der Waals surface area contributed by atoms with Crippen molar-refractivity contribution >= 4 is 29.7 Å². The molecule has 0 aromatic carbocycles. The topological polar surface area (TPSA) is 98.8 Å². The van der Waals surface area contributed by atoms with E-state index < -0.39 is 17.6 Å². The van der Waals surface area contributed by atoms with Gasteiger partial charge in [-0.3, -0.25) is 4.79 Å². The molecule has 1 fully saturated rings. The number of thioether (sulfide) groups is 1. The molecule has 1 aliphatic rings. The summed E-state index contributed by atoms with van der Waals surface area (Å²) in [6.45, 7) is 6.26. The summed E-state index contributed by atoms with van der Waals surface area (Å²) in [5.74, 6) is -1.20. The molecule has 0 unspecified atom stereocenters. The second kappa shape index (κ2) is 9.15. The Bertz CT molecular complexity index is 456. The maximum atomic E-state index is 12.2. The Hall–Kier alpha value is -1.44. The van der Waals surface area contributed by atoms with E-state index in [-0.39, 0.29) is 17.9 Å². The fraction of sp³-hybridized carbons (Fsp3) is 0.812. The smallest absolute Gasteiger partial charge is 0.410 e. The zero-order chi connectivity index (χ0) is 18.3. The molecule has 0 saturated carbocycles. The fourth-order valence-corrected chi connectivity index (χ4v) is 2.90. The number of ether oxygens (including phenoxy) is 1. The van der Waals surface area contributed by atoms with Crippen molar-refractivity contribution in [3.63, 3.8) is 0 Å². The minimum atomic E-state index is -1.26. The Kier molecular flexibility index (Phi) is 7.86. The van der Waals surface area contributed by atoms with Gasteiger partial charge in [-0.25, -0.2) is 4.79 Å². The monoisotopic (exact) mass is 359 g/mol. The second-order valence-electron chi connectivity index (χ2n) is 6.90. The zero-order valence-electron chi connectivity index (χ0n) is 14.8. The maximum absolute atomic E-state index is 12.2. The van der Waals surface area contributed by atoms with E-state index in [0.717, 1.165) is 0 Å². The van der Waals surface area contributed by atoms with E-state index in [1.54, 1.807) is 25.7 Å². The SMILES string of the molecule is CSCC[C@@H](NC(=O)C1CCN(C(=O)OC(C)(C)C)CC1)C(=O)[O-]. The first-order valence-corrected chi connectivity index (χ1v) is 9.51. The van der Waals surface area contributed by atoms with E-state index in [1.807, 2.05) is 6.26 Å². The van der Waals surface area contributed by atoms with Gasteiger partial charge in [-0.05, 0) is 52.0 Å². The number of amides is 2. The number of carboxylic acids is 1. The average Bonchev–Trinajstić information content (AvgIpc) is 2.49. The van der Waals surface area contributed by atoms with Gasteiger partial charge in [0.1, 0.15) is 5.60 Å². The van der Waals surface area contributed by atoms with Crippen LogP contribution in [0.3, 0.4) is 0 Å². The lowest BCUT2D eigenvalue weighted by Crippen LogP contribution is -2.51. The van der Waals surface area contributed by atoms with Crippen LogP contribution in [0.2, 0.25) is 0 Å². The highest BCUT2D eigenvalue weighted by atomic mass is 32.2. The lowest BCUT2D eigenvalue weighted by molar-refractivity contribution is -0.308. The molecule has 0 aliphatic carbocycles. The molecule has 1 rings (SSSR count). The Morgan fingerprint density at radius 3 is 2.33 bits per heavy atom.